The maximum atomic E-state index is 5.65. The molecule has 1 unspecified atom stereocenters. The van der Waals surface area contributed by atoms with Crippen LogP contribution in [0.4, 0.5) is 0 Å². The third kappa shape index (κ3) is 4.43. The van der Waals surface area contributed by atoms with Gasteiger partial charge in [-0.15, -0.1) is 0 Å². The quantitative estimate of drug-likeness (QED) is 0.838. The van der Waals surface area contributed by atoms with E-state index in [4.69, 9.17) is 5.73 Å². The Morgan fingerprint density at radius 1 is 1.11 bits per heavy atom. The number of rotatable bonds is 6. The number of nitrogens with zero attached hydrogens (tertiary/aromatic N) is 1. The van der Waals surface area contributed by atoms with Gasteiger partial charge in [0, 0.05) is 6.54 Å². The molecule has 0 heterocycles. The second-order valence-electron chi connectivity index (χ2n) is 5.73. The second-order valence-corrected chi connectivity index (χ2v) is 5.73. The van der Waals surface area contributed by atoms with Crippen LogP contribution in [0, 0.1) is 26.7 Å². The first-order valence-corrected chi connectivity index (χ1v) is 6.89. The third-order valence-electron chi connectivity index (χ3n) is 3.80. The maximum Gasteiger partial charge on any atom is 0.0233 e. The Morgan fingerprint density at radius 3 is 2.33 bits per heavy atom. The molecule has 0 saturated carbocycles. The Labute approximate surface area is 112 Å². The minimum atomic E-state index is 0.619. The topological polar surface area (TPSA) is 29.3 Å². The van der Waals surface area contributed by atoms with Crippen LogP contribution in [0.1, 0.15) is 35.6 Å². The highest BCUT2D eigenvalue weighted by Gasteiger charge is 2.07. The lowest BCUT2D eigenvalue weighted by atomic mass is 10.0. The molecule has 0 aliphatic carbocycles. The highest BCUT2D eigenvalue weighted by atomic mass is 15.1. The van der Waals surface area contributed by atoms with E-state index >= 15 is 0 Å². The molecule has 0 aromatic heterocycles. The molecule has 1 aromatic rings. The monoisotopic (exact) mass is 248 g/mol. The van der Waals surface area contributed by atoms with Gasteiger partial charge in [-0.05, 0) is 75.5 Å². The van der Waals surface area contributed by atoms with E-state index in [0.29, 0.717) is 5.92 Å². The molecular formula is C16H28N2. The van der Waals surface area contributed by atoms with Crippen molar-refractivity contribution >= 4 is 0 Å². The SMILES string of the molecule is Cc1cc(C)c(CN(C)CCC(C)CN)cc1C. The summed E-state index contributed by atoms with van der Waals surface area (Å²) in [4.78, 5) is 2.39. The van der Waals surface area contributed by atoms with Crippen molar-refractivity contribution in [3.8, 4) is 0 Å². The van der Waals surface area contributed by atoms with Crippen molar-refractivity contribution in [2.45, 2.75) is 40.7 Å². The van der Waals surface area contributed by atoms with Gasteiger partial charge < -0.3 is 10.6 Å². The van der Waals surface area contributed by atoms with E-state index < -0.39 is 0 Å². The van der Waals surface area contributed by atoms with Crippen molar-refractivity contribution in [2.75, 3.05) is 20.1 Å². The second kappa shape index (κ2) is 6.91. The summed E-state index contributed by atoms with van der Waals surface area (Å²) in [6.07, 6.45) is 1.18. The highest BCUT2D eigenvalue weighted by Crippen LogP contribution is 2.17. The van der Waals surface area contributed by atoms with Gasteiger partial charge >= 0.3 is 0 Å². The minimum absolute atomic E-state index is 0.619. The van der Waals surface area contributed by atoms with E-state index in [1.807, 2.05) is 0 Å². The van der Waals surface area contributed by atoms with Crippen LogP contribution in [0.2, 0.25) is 0 Å². The molecule has 1 rings (SSSR count). The maximum absolute atomic E-state index is 5.65. The average molecular weight is 248 g/mol. The smallest absolute Gasteiger partial charge is 0.0233 e. The summed E-state index contributed by atoms with van der Waals surface area (Å²) in [5.74, 6) is 0.619. The summed E-state index contributed by atoms with van der Waals surface area (Å²) in [5, 5.41) is 0. The average Bonchev–Trinajstić information content (AvgIpc) is 2.33. The summed E-state index contributed by atoms with van der Waals surface area (Å²) >= 11 is 0. The number of hydrogen-bond donors (Lipinski definition) is 1. The number of hydrogen-bond acceptors (Lipinski definition) is 2. The van der Waals surface area contributed by atoms with Crippen molar-refractivity contribution < 1.29 is 0 Å². The largest absolute Gasteiger partial charge is 0.330 e. The fourth-order valence-corrected chi connectivity index (χ4v) is 2.12. The van der Waals surface area contributed by atoms with E-state index in [1.54, 1.807) is 0 Å². The van der Waals surface area contributed by atoms with Crippen molar-refractivity contribution in [1.82, 2.24) is 4.90 Å². The van der Waals surface area contributed by atoms with Gasteiger partial charge in [-0.1, -0.05) is 19.1 Å². The van der Waals surface area contributed by atoms with Crippen LogP contribution >= 0.6 is 0 Å². The number of nitrogens with two attached hydrogens (primary N) is 1. The molecule has 2 nitrogen and oxygen atoms in total. The van der Waals surface area contributed by atoms with E-state index in [2.05, 4.69) is 51.8 Å². The summed E-state index contributed by atoms with van der Waals surface area (Å²) in [6.45, 7) is 11.7. The standard InChI is InChI=1S/C16H28N2/c1-12(10-17)6-7-18(5)11-16-9-14(3)13(2)8-15(16)4/h8-9,12H,6-7,10-11,17H2,1-5H3. The van der Waals surface area contributed by atoms with Gasteiger partial charge in [0.1, 0.15) is 0 Å². The summed E-state index contributed by atoms with van der Waals surface area (Å²) < 4.78 is 0. The zero-order chi connectivity index (χ0) is 13.7. The molecule has 0 spiro atoms. The van der Waals surface area contributed by atoms with E-state index in [0.717, 1.165) is 19.6 Å². The van der Waals surface area contributed by atoms with E-state index in [1.165, 1.54) is 28.7 Å². The fourth-order valence-electron chi connectivity index (χ4n) is 2.12. The van der Waals surface area contributed by atoms with Crippen LogP contribution in [0.25, 0.3) is 0 Å². The fraction of sp³-hybridized carbons (Fsp3) is 0.625. The van der Waals surface area contributed by atoms with Crippen LogP contribution in [-0.4, -0.2) is 25.0 Å². The summed E-state index contributed by atoms with van der Waals surface area (Å²) in [6, 6.07) is 4.62. The Hall–Kier alpha value is -0.860. The van der Waals surface area contributed by atoms with Crippen molar-refractivity contribution in [3.63, 3.8) is 0 Å². The Morgan fingerprint density at radius 2 is 1.72 bits per heavy atom. The molecule has 1 aromatic carbocycles. The highest BCUT2D eigenvalue weighted by molar-refractivity contribution is 5.36. The molecule has 102 valence electrons. The van der Waals surface area contributed by atoms with Crippen LogP contribution in [0.15, 0.2) is 12.1 Å². The first-order valence-electron chi connectivity index (χ1n) is 6.89. The molecule has 0 saturated heterocycles. The zero-order valence-electron chi connectivity index (χ0n) is 12.6. The van der Waals surface area contributed by atoms with Crippen molar-refractivity contribution in [1.29, 1.82) is 0 Å². The van der Waals surface area contributed by atoms with Gasteiger partial charge in [-0.25, -0.2) is 0 Å². The number of aryl methyl sites for hydroxylation is 3. The third-order valence-corrected chi connectivity index (χ3v) is 3.80. The zero-order valence-corrected chi connectivity index (χ0v) is 12.6. The molecule has 18 heavy (non-hydrogen) atoms. The van der Waals surface area contributed by atoms with Gasteiger partial charge in [0.25, 0.3) is 0 Å². The first kappa shape index (κ1) is 15.2. The predicted octanol–water partition coefficient (Wildman–Crippen LogP) is 3.03. The molecule has 0 amide bonds. The molecule has 2 N–H and O–H groups in total. The van der Waals surface area contributed by atoms with Crippen LogP contribution < -0.4 is 5.73 Å². The lowest BCUT2D eigenvalue weighted by molar-refractivity contribution is 0.299. The predicted molar refractivity (Wildman–Crippen MR) is 79.8 cm³/mol. The molecule has 0 aliphatic rings. The molecule has 0 radical (unpaired) electrons. The van der Waals surface area contributed by atoms with E-state index in [-0.39, 0.29) is 0 Å². The minimum Gasteiger partial charge on any atom is -0.330 e. The molecule has 1 atom stereocenters. The molecule has 0 fully saturated rings. The molecule has 0 bridgehead atoms. The molecule has 0 aliphatic heterocycles. The van der Waals surface area contributed by atoms with Gasteiger partial charge in [0.2, 0.25) is 0 Å². The van der Waals surface area contributed by atoms with Gasteiger partial charge in [0.05, 0.1) is 0 Å². The Balaban J connectivity index is 2.59. The number of benzene rings is 1. The van der Waals surface area contributed by atoms with E-state index in [9.17, 15) is 0 Å². The Kier molecular flexibility index (Phi) is 5.83. The first-order chi connectivity index (χ1) is 8.43. The lowest BCUT2D eigenvalue weighted by Gasteiger charge is -2.20. The Bertz CT molecular complexity index is 385. The van der Waals surface area contributed by atoms with Crippen molar-refractivity contribution in [2.24, 2.45) is 11.7 Å². The molecule has 2 heteroatoms. The normalized spacial score (nSPS) is 13.1. The van der Waals surface area contributed by atoms with Gasteiger partial charge in [-0.2, -0.15) is 0 Å². The van der Waals surface area contributed by atoms with Crippen LogP contribution in [-0.2, 0) is 6.54 Å². The lowest BCUT2D eigenvalue weighted by Crippen LogP contribution is -2.23. The van der Waals surface area contributed by atoms with Gasteiger partial charge in [0.15, 0.2) is 0 Å². The van der Waals surface area contributed by atoms with Crippen molar-refractivity contribution in [3.05, 3.63) is 34.4 Å². The molecular weight excluding hydrogens is 220 g/mol. The summed E-state index contributed by atoms with van der Waals surface area (Å²) in [5.41, 5.74) is 11.3. The summed E-state index contributed by atoms with van der Waals surface area (Å²) in [7, 11) is 2.19. The van der Waals surface area contributed by atoms with Gasteiger partial charge in [-0.3, -0.25) is 0 Å². The van der Waals surface area contributed by atoms with Crippen LogP contribution in [0.3, 0.4) is 0 Å². The van der Waals surface area contributed by atoms with Crippen LogP contribution in [0.5, 0.6) is 0 Å².